The first-order valence-corrected chi connectivity index (χ1v) is 14.9. The molecule has 1 aromatic heterocycles. The molecule has 236 valence electrons. The summed E-state index contributed by atoms with van der Waals surface area (Å²) in [5.74, 6) is 1.81. The lowest BCUT2D eigenvalue weighted by Gasteiger charge is -2.36. The molecule has 0 aliphatic carbocycles. The molecule has 5 rings (SSSR count). The van der Waals surface area contributed by atoms with Crippen LogP contribution in [0, 0.1) is 19.8 Å². The van der Waals surface area contributed by atoms with Crippen LogP contribution in [0.3, 0.4) is 0 Å². The van der Waals surface area contributed by atoms with E-state index < -0.39 is 0 Å². The van der Waals surface area contributed by atoms with Gasteiger partial charge in [-0.05, 0) is 52.9 Å². The normalized spacial score (nSPS) is 20.8. The molecule has 2 atom stereocenters. The number of methoxy groups -OCH3 is 2. The van der Waals surface area contributed by atoms with E-state index in [0.717, 1.165) is 42.6 Å². The van der Waals surface area contributed by atoms with E-state index in [1.165, 1.54) is 11.0 Å². The molecule has 1 aromatic carbocycles. The molecule has 3 aliphatic heterocycles. The van der Waals surface area contributed by atoms with E-state index in [1.54, 1.807) is 32.4 Å². The molecule has 0 spiro atoms. The number of hydrogen-bond donors (Lipinski definition) is 2. The smallest absolute Gasteiger partial charge is 0.330 e. The lowest BCUT2D eigenvalue weighted by atomic mass is 9.96. The highest BCUT2D eigenvalue weighted by atomic mass is 16.5. The van der Waals surface area contributed by atoms with Gasteiger partial charge in [0, 0.05) is 55.0 Å². The van der Waals surface area contributed by atoms with Crippen LogP contribution in [0.1, 0.15) is 29.5 Å². The molecule has 4 amide bonds. The van der Waals surface area contributed by atoms with Crippen molar-refractivity contribution in [3.63, 3.8) is 0 Å². The second-order valence-corrected chi connectivity index (χ2v) is 11.7. The quantitative estimate of drug-likeness (QED) is 0.435. The summed E-state index contributed by atoms with van der Waals surface area (Å²) in [6.45, 7) is 10.2. The molecular formula is C31H42N8O5. The van der Waals surface area contributed by atoms with Gasteiger partial charge in [-0.2, -0.15) is 4.98 Å². The van der Waals surface area contributed by atoms with Gasteiger partial charge in [-0.15, -0.1) is 0 Å². The van der Waals surface area contributed by atoms with Crippen LogP contribution < -0.4 is 29.9 Å². The largest absolute Gasteiger partial charge is 0.496 e. The van der Waals surface area contributed by atoms with E-state index >= 15 is 0 Å². The van der Waals surface area contributed by atoms with Crippen LogP contribution in [-0.2, 0) is 16.1 Å². The fourth-order valence-electron chi connectivity index (χ4n) is 6.43. The van der Waals surface area contributed by atoms with Gasteiger partial charge in [0.2, 0.25) is 17.8 Å². The summed E-state index contributed by atoms with van der Waals surface area (Å²) in [6.07, 6.45) is 4.57. The van der Waals surface area contributed by atoms with Crippen LogP contribution in [0.4, 0.5) is 22.2 Å². The second kappa shape index (κ2) is 12.7. The van der Waals surface area contributed by atoms with Gasteiger partial charge in [0.1, 0.15) is 17.3 Å². The van der Waals surface area contributed by atoms with Gasteiger partial charge in [0.05, 0.1) is 38.5 Å². The van der Waals surface area contributed by atoms with Crippen molar-refractivity contribution in [1.82, 2.24) is 25.1 Å². The molecule has 3 aliphatic rings. The Labute approximate surface area is 258 Å². The summed E-state index contributed by atoms with van der Waals surface area (Å²) in [5, 5.41) is 6.29. The van der Waals surface area contributed by atoms with Crippen molar-refractivity contribution in [3.8, 4) is 11.5 Å². The minimum Gasteiger partial charge on any atom is -0.496 e. The van der Waals surface area contributed by atoms with E-state index in [2.05, 4.69) is 34.1 Å². The fraction of sp³-hybridized carbons (Fsp3) is 0.516. The summed E-state index contributed by atoms with van der Waals surface area (Å²) in [5.41, 5.74) is 3.12. The zero-order valence-corrected chi connectivity index (χ0v) is 26.3. The molecule has 4 heterocycles. The molecule has 2 unspecified atom stereocenters. The highest BCUT2D eigenvalue weighted by molar-refractivity contribution is 6.06. The number of ether oxygens (including phenoxy) is 2. The molecule has 13 nitrogen and oxygen atoms in total. The number of benzene rings is 1. The Kier molecular flexibility index (Phi) is 8.95. The van der Waals surface area contributed by atoms with Crippen LogP contribution in [0.5, 0.6) is 11.5 Å². The Hall–Kier alpha value is -4.39. The number of urea groups is 1. The van der Waals surface area contributed by atoms with E-state index in [9.17, 15) is 14.4 Å². The Morgan fingerprint density at radius 3 is 2.30 bits per heavy atom. The third kappa shape index (κ3) is 5.88. The number of aromatic nitrogens is 2. The van der Waals surface area contributed by atoms with Gasteiger partial charge in [0.25, 0.3) is 0 Å². The third-order valence-electron chi connectivity index (χ3n) is 8.95. The van der Waals surface area contributed by atoms with Crippen molar-refractivity contribution in [2.75, 3.05) is 69.6 Å². The predicted octanol–water partition coefficient (Wildman–Crippen LogP) is 2.32. The molecule has 13 heteroatoms. The van der Waals surface area contributed by atoms with Crippen LogP contribution >= 0.6 is 0 Å². The fourth-order valence-corrected chi connectivity index (χ4v) is 6.43. The number of fused-ring (bicyclic) bond motifs is 1. The Bertz CT molecular complexity index is 1430. The van der Waals surface area contributed by atoms with Crippen molar-refractivity contribution in [1.29, 1.82) is 0 Å². The van der Waals surface area contributed by atoms with E-state index in [1.807, 2.05) is 24.8 Å². The van der Waals surface area contributed by atoms with E-state index in [0.29, 0.717) is 42.0 Å². The Morgan fingerprint density at radius 2 is 1.68 bits per heavy atom. The first-order valence-electron chi connectivity index (χ1n) is 14.9. The molecule has 2 aromatic rings. The standard InChI is InChI=1S/C31H42N8O5/c1-8-26(40)33-22-16-38(29(41)20-9-11-36(4)12-10-20)17-23(22)34-30-32-14-21-15-39(31(42)37(5)28(21)35-30)27-18(2)24(43-6)13-25(44-7)19(27)3/h8,13-14,20,22-23H,1,9-12,15-17H2,2-7H3,(H,33,40)(H,32,34,35). The van der Waals surface area contributed by atoms with Gasteiger partial charge in [0.15, 0.2) is 0 Å². The minimum atomic E-state index is -0.362. The zero-order valence-electron chi connectivity index (χ0n) is 26.3. The molecule has 0 saturated carbocycles. The maximum absolute atomic E-state index is 13.7. The van der Waals surface area contributed by atoms with Crippen LogP contribution in [-0.4, -0.2) is 104 Å². The number of nitrogens with one attached hydrogen (secondary N) is 2. The number of piperidine rings is 1. The third-order valence-corrected chi connectivity index (χ3v) is 8.95. The molecule has 2 fully saturated rings. The Morgan fingerprint density at radius 1 is 1.05 bits per heavy atom. The van der Waals surface area contributed by atoms with Gasteiger partial charge in [-0.3, -0.25) is 19.4 Å². The maximum Gasteiger partial charge on any atom is 0.330 e. The maximum atomic E-state index is 13.7. The summed E-state index contributed by atoms with van der Waals surface area (Å²) in [4.78, 5) is 55.9. The van der Waals surface area contributed by atoms with Crippen molar-refractivity contribution >= 4 is 35.3 Å². The lowest BCUT2D eigenvalue weighted by molar-refractivity contribution is -0.136. The molecule has 44 heavy (non-hydrogen) atoms. The molecular weight excluding hydrogens is 564 g/mol. The van der Waals surface area contributed by atoms with Gasteiger partial charge in [-0.25, -0.2) is 9.78 Å². The highest BCUT2D eigenvalue weighted by Gasteiger charge is 2.40. The van der Waals surface area contributed by atoms with Crippen molar-refractivity contribution < 1.29 is 23.9 Å². The first kappa shape index (κ1) is 31.0. The second-order valence-electron chi connectivity index (χ2n) is 11.7. The first-order chi connectivity index (χ1) is 21.1. The number of carbonyl (C=O) groups excluding carboxylic acids is 3. The zero-order chi connectivity index (χ0) is 31.7. The monoisotopic (exact) mass is 606 g/mol. The van der Waals surface area contributed by atoms with Crippen molar-refractivity contribution in [2.45, 2.75) is 45.3 Å². The molecule has 0 radical (unpaired) electrons. The number of rotatable bonds is 8. The minimum absolute atomic E-state index is 0.0277. The number of amides is 4. The van der Waals surface area contributed by atoms with Crippen LogP contribution in [0.15, 0.2) is 24.9 Å². The molecule has 0 bridgehead atoms. The van der Waals surface area contributed by atoms with Crippen LogP contribution in [0.25, 0.3) is 0 Å². The van der Waals surface area contributed by atoms with Gasteiger partial charge < -0.3 is 29.9 Å². The number of nitrogens with zero attached hydrogens (tertiary/aromatic N) is 6. The van der Waals surface area contributed by atoms with Gasteiger partial charge >= 0.3 is 6.03 Å². The SMILES string of the molecule is C=CC(=O)NC1CN(C(=O)C2CCN(C)CC2)CC1Nc1ncc2c(n1)N(C)C(=O)N(c1c(C)c(OC)cc(OC)c1C)C2. The predicted molar refractivity (Wildman–Crippen MR) is 167 cm³/mol. The number of carbonyl (C=O) groups is 3. The van der Waals surface area contributed by atoms with Crippen molar-refractivity contribution in [3.05, 3.63) is 41.6 Å². The summed E-state index contributed by atoms with van der Waals surface area (Å²) >= 11 is 0. The van der Waals surface area contributed by atoms with Crippen LogP contribution in [0.2, 0.25) is 0 Å². The van der Waals surface area contributed by atoms with E-state index in [-0.39, 0.29) is 42.4 Å². The average molecular weight is 607 g/mol. The summed E-state index contributed by atoms with van der Waals surface area (Å²) < 4.78 is 11.1. The molecule has 2 saturated heterocycles. The van der Waals surface area contributed by atoms with Gasteiger partial charge in [-0.1, -0.05) is 6.58 Å². The summed E-state index contributed by atoms with van der Waals surface area (Å²) in [6, 6.07) is 0.870. The number of hydrogen-bond acceptors (Lipinski definition) is 9. The lowest BCUT2D eigenvalue weighted by Crippen LogP contribution is -2.47. The molecule has 2 N–H and O–H groups in total. The average Bonchev–Trinajstić information content (AvgIpc) is 3.41. The topological polar surface area (TPSA) is 132 Å². The highest BCUT2D eigenvalue weighted by Crippen LogP contribution is 2.41. The Balaban J connectivity index is 1.37. The van der Waals surface area contributed by atoms with E-state index in [4.69, 9.17) is 14.5 Å². The number of likely N-dealkylation sites (tertiary alicyclic amines) is 2. The summed E-state index contributed by atoms with van der Waals surface area (Å²) in [7, 11) is 6.92. The van der Waals surface area contributed by atoms with Crippen molar-refractivity contribution in [2.24, 2.45) is 5.92 Å². The number of anilines is 3.